The highest BCUT2D eigenvalue weighted by Crippen LogP contribution is 2.44. The van der Waals surface area contributed by atoms with E-state index in [1.807, 2.05) is 24.3 Å². The van der Waals surface area contributed by atoms with Gasteiger partial charge in [-0.25, -0.2) is 4.79 Å². The fraction of sp³-hybridized carbons (Fsp3) is 0.483. The minimum Gasteiger partial charge on any atom is -0.481 e. The van der Waals surface area contributed by atoms with E-state index in [0.29, 0.717) is 26.1 Å². The van der Waals surface area contributed by atoms with Crippen LogP contribution in [0.4, 0.5) is 4.79 Å². The predicted octanol–water partition coefficient (Wildman–Crippen LogP) is 5.24. The zero-order valence-corrected chi connectivity index (χ0v) is 20.8. The summed E-state index contributed by atoms with van der Waals surface area (Å²) >= 11 is 0. The van der Waals surface area contributed by atoms with Crippen LogP contribution in [0.25, 0.3) is 11.1 Å². The third-order valence-electron chi connectivity index (χ3n) is 7.61. The molecule has 7 nitrogen and oxygen atoms in total. The fourth-order valence-corrected chi connectivity index (χ4v) is 5.64. The summed E-state index contributed by atoms with van der Waals surface area (Å²) in [4.78, 5) is 35.9. The molecule has 0 aromatic heterocycles. The number of alkyl carbamates (subject to hydrolysis) is 1. The van der Waals surface area contributed by atoms with Crippen molar-refractivity contribution in [3.63, 3.8) is 0 Å². The number of carboxylic acid groups (broad SMARTS) is 1. The molecule has 7 heteroatoms. The number of carbonyl (C=O) groups excluding carboxylic acids is 2. The summed E-state index contributed by atoms with van der Waals surface area (Å²) in [6.07, 6.45) is 6.03. The second kappa shape index (κ2) is 12.1. The van der Waals surface area contributed by atoms with Gasteiger partial charge in [0.2, 0.25) is 5.91 Å². The molecule has 2 aromatic carbocycles. The standard InChI is InChI=1S/C29H36N2O5/c32-26(33)14-17-29(15-6-7-16-29)27(34)30-18-8-1-9-19-31-28(35)36-20-25-23-12-4-2-10-21(23)22-11-3-5-13-24(22)25/h2-5,10-13,25H,1,6-9,14-20H2,(H,30,34)(H,31,35)(H,32,33). The number of benzene rings is 2. The number of nitrogens with one attached hydrogen (secondary N) is 2. The van der Waals surface area contributed by atoms with Gasteiger partial charge < -0.3 is 20.5 Å². The number of hydrogen-bond acceptors (Lipinski definition) is 4. The molecule has 1 saturated carbocycles. The maximum atomic E-state index is 12.7. The summed E-state index contributed by atoms with van der Waals surface area (Å²) in [6.45, 7) is 1.39. The Bertz CT molecular complexity index is 1030. The quantitative estimate of drug-likeness (QED) is 0.352. The molecular weight excluding hydrogens is 456 g/mol. The van der Waals surface area contributed by atoms with Crippen molar-refractivity contribution in [2.45, 2.75) is 63.7 Å². The first-order valence-electron chi connectivity index (χ1n) is 13.1. The van der Waals surface area contributed by atoms with Gasteiger partial charge in [0.15, 0.2) is 0 Å². The minimum atomic E-state index is -0.849. The van der Waals surface area contributed by atoms with Crippen molar-refractivity contribution in [1.82, 2.24) is 10.6 Å². The SMILES string of the molecule is O=C(O)CCC1(C(=O)NCCCCCNC(=O)OCC2c3ccccc3-c3ccccc32)CCCC1. The van der Waals surface area contributed by atoms with Crippen LogP contribution in [0, 0.1) is 5.41 Å². The highest BCUT2D eigenvalue weighted by molar-refractivity contribution is 5.83. The average molecular weight is 493 g/mol. The van der Waals surface area contributed by atoms with Gasteiger partial charge in [0.05, 0.1) is 0 Å². The van der Waals surface area contributed by atoms with Crippen LogP contribution in [-0.2, 0) is 14.3 Å². The van der Waals surface area contributed by atoms with E-state index in [4.69, 9.17) is 9.84 Å². The Morgan fingerprint density at radius 2 is 1.44 bits per heavy atom. The molecular formula is C29H36N2O5. The lowest BCUT2D eigenvalue weighted by Crippen LogP contribution is -2.40. The molecule has 0 spiro atoms. The highest BCUT2D eigenvalue weighted by atomic mass is 16.5. The third kappa shape index (κ3) is 6.07. The Kier molecular flexibility index (Phi) is 8.62. The summed E-state index contributed by atoms with van der Waals surface area (Å²) in [5.74, 6) is -0.804. The van der Waals surface area contributed by atoms with Crippen molar-refractivity contribution in [2.75, 3.05) is 19.7 Å². The normalized spacial score (nSPS) is 15.7. The Morgan fingerprint density at radius 1 is 0.861 bits per heavy atom. The van der Waals surface area contributed by atoms with Gasteiger partial charge in [-0.3, -0.25) is 9.59 Å². The molecule has 0 aliphatic heterocycles. The molecule has 2 aliphatic carbocycles. The van der Waals surface area contributed by atoms with Crippen molar-refractivity contribution in [2.24, 2.45) is 5.41 Å². The van der Waals surface area contributed by atoms with Gasteiger partial charge in [0.1, 0.15) is 6.61 Å². The van der Waals surface area contributed by atoms with E-state index < -0.39 is 17.5 Å². The third-order valence-corrected chi connectivity index (χ3v) is 7.61. The molecule has 2 amide bonds. The summed E-state index contributed by atoms with van der Waals surface area (Å²) in [7, 11) is 0. The lowest BCUT2D eigenvalue weighted by atomic mass is 9.80. The van der Waals surface area contributed by atoms with Crippen LogP contribution >= 0.6 is 0 Å². The number of rotatable bonds is 12. The summed E-state index contributed by atoms with van der Waals surface area (Å²) in [6, 6.07) is 16.5. The van der Waals surface area contributed by atoms with Crippen LogP contribution in [0.15, 0.2) is 48.5 Å². The van der Waals surface area contributed by atoms with E-state index >= 15 is 0 Å². The Hall–Kier alpha value is -3.35. The van der Waals surface area contributed by atoms with Gasteiger partial charge in [-0.2, -0.15) is 0 Å². The van der Waals surface area contributed by atoms with Gasteiger partial charge in [-0.05, 0) is 60.8 Å². The maximum absolute atomic E-state index is 12.7. The van der Waals surface area contributed by atoms with Crippen molar-refractivity contribution >= 4 is 18.0 Å². The van der Waals surface area contributed by atoms with Gasteiger partial charge in [0, 0.05) is 30.8 Å². The Balaban J connectivity index is 1.12. The molecule has 1 fully saturated rings. The topological polar surface area (TPSA) is 105 Å². The number of ether oxygens (including phenoxy) is 1. The van der Waals surface area contributed by atoms with Gasteiger partial charge in [-0.15, -0.1) is 0 Å². The first-order valence-corrected chi connectivity index (χ1v) is 13.1. The van der Waals surface area contributed by atoms with Crippen LogP contribution in [0.3, 0.4) is 0 Å². The van der Waals surface area contributed by atoms with Gasteiger partial charge in [-0.1, -0.05) is 61.4 Å². The highest BCUT2D eigenvalue weighted by Gasteiger charge is 2.40. The molecule has 0 heterocycles. The largest absolute Gasteiger partial charge is 0.481 e. The van der Waals surface area contributed by atoms with E-state index in [2.05, 4.69) is 34.9 Å². The number of aliphatic carboxylic acids is 1. The van der Waals surface area contributed by atoms with Crippen LogP contribution in [0.2, 0.25) is 0 Å². The number of hydrogen-bond donors (Lipinski definition) is 3. The van der Waals surface area contributed by atoms with Crippen LogP contribution in [-0.4, -0.2) is 42.8 Å². The molecule has 4 rings (SSSR count). The monoisotopic (exact) mass is 492 g/mol. The summed E-state index contributed by atoms with van der Waals surface area (Å²) in [5, 5.41) is 14.8. The zero-order chi connectivity index (χ0) is 25.4. The minimum absolute atomic E-state index is 0.00184. The van der Waals surface area contributed by atoms with E-state index in [0.717, 1.165) is 44.9 Å². The van der Waals surface area contributed by atoms with Crippen molar-refractivity contribution in [3.8, 4) is 11.1 Å². The predicted molar refractivity (Wildman–Crippen MR) is 138 cm³/mol. The zero-order valence-electron chi connectivity index (χ0n) is 20.8. The van der Waals surface area contributed by atoms with Crippen molar-refractivity contribution in [3.05, 3.63) is 59.7 Å². The van der Waals surface area contributed by atoms with Gasteiger partial charge in [0.25, 0.3) is 0 Å². The second-order valence-electron chi connectivity index (χ2n) is 9.95. The lowest BCUT2D eigenvalue weighted by Gasteiger charge is -2.27. The average Bonchev–Trinajstić information content (AvgIpc) is 3.49. The molecule has 0 bridgehead atoms. The van der Waals surface area contributed by atoms with Crippen LogP contribution < -0.4 is 10.6 Å². The van der Waals surface area contributed by atoms with E-state index in [1.165, 1.54) is 22.3 Å². The smallest absolute Gasteiger partial charge is 0.407 e. The molecule has 0 atom stereocenters. The van der Waals surface area contributed by atoms with Crippen molar-refractivity contribution in [1.29, 1.82) is 0 Å². The molecule has 2 aliphatic rings. The Morgan fingerprint density at radius 3 is 2.06 bits per heavy atom. The fourth-order valence-electron chi connectivity index (χ4n) is 5.64. The first-order chi connectivity index (χ1) is 17.5. The molecule has 0 unspecified atom stereocenters. The van der Waals surface area contributed by atoms with Crippen LogP contribution in [0.1, 0.15) is 74.8 Å². The number of amides is 2. The second-order valence-corrected chi connectivity index (χ2v) is 9.95. The van der Waals surface area contributed by atoms with Crippen LogP contribution in [0.5, 0.6) is 0 Å². The molecule has 0 saturated heterocycles. The lowest BCUT2D eigenvalue weighted by molar-refractivity contribution is -0.138. The first kappa shape index (κ1) is 25.7. The summed E-state index contributed by atoms with van der Waals surface area (Å²) in [5.41, 5.74) is 4.28. The summed E-state index contributed by atoms with van der Waals surface area (Å²) < 4.78 is 5.56. The molecule has 3 N–H and O–H groups in total. The van der Waals surface area contributed by atoms with Crippen molar-refractivity contribution < 1.29 is 24.2 Å². The maximum Gasteiger partial charge on any atom is 0.407 e. The number of unbranched alkanes of at least 4 members (excludes halogenated alkanes) is 2. The van der Waals surface area contributed by atoms with Gasteiger partial charge >= 0.3 is 12.1 Å². The van der Waals surface area contributed by atoms with E-state index in [-0.39, 0.29) is 18.2 Å². The molecule has 36 heavy (non-hydrogen) atoms. The number of carbonyl (C=O) groups is 3. The Labute approximate surface area is 212 Å². The molecule has 2 aromatic rings. The molecule has 192 valence electrons. The molecule has 0 radical (unpaired) electrons. The number of fused-ring (bicyclic) bond motifs is 3. The van der Waals surface area contributed by atoms with E-state index in [1.54, 1.807) is 0 Å². The van der Waals surface area contributed by atoms with E-state index in [9.17, 15) is 14.4 Å². The number of carboxylic acids is 1.